The molecule has 0 fully saturated rings. The number of nitrogens with one attached hydrogen (secondary N) is 1. The Morgan fingerprint density at radius 2 is 1.90 bits per heavy atom. The van der Waals surface area contributed by atoms with Crippen LogP contribution < -0.4 is 19.7 Å². The summed E-state index contributed by atoms with van der Waals surface area (Å²) in [5.41, 5.74) is 2.04. The smallest absolute Gasteiger partial charge is 0.128 e. The number of aromatic nitrogens is 1. The molecule has 2 aromatic rings. The van der Waals surface area contributed by atoms with Crippen LogP contribution in [0.25, 0.3) is 0 Å². The van der Waals surface area contributed by atoms with Crippen LogP contribution in [0.4, 0.5) is 11.5 Å². The molecule has 21 heavy (non-hydrogen) atoms. The Kier molecular flexibility index (Phi) is 4.87. The second-order valence-corrected chi connectivity index (χ2v) is 4.83. The lowest BCUT2D eigenvalue weighted by Gasteiger charge is -2.13. The predicted octanol–water partition coefficient (Wildman–Crippen LogP) is 2.78. The number of nitrogens with zero attached hydrogens (tertiary/aromatic N) is 2. The van der Waals surface area contributed by atoms with Crippen LogP contribution in [0.15, 0.2) is 36.5 Å². The van der Waals surface area contributed by atoms with Crippen molar-refractivity contribution in [2.75, 3.05) is 38.5 Å². The van der Waals surface area contributed by atoms with Gasteiger partial charge in [0, 0.05) is 32.3 Å². The molecule has 5 heteroatoms. The molecule has 112 valence electrons. The third kappa shape index (κ3) is 3.78. The third-order valence-electron chi connectivity index (χ3n) is 3.18. The minimum Gasteiger partial charge on any atom is -0.497 e. The molecule has 0 unspecified atom stereocenters. The van der Waals surface area contributed by atoms with E-state index in [0.29, 0.717) is 6.54 Å². The van der Waals surface area contributed by atoms with Crippen molar-refractivity contribution in [1.29, 1.82) is 0 Å². The van der Waals surface area contributed by atoms with E-state index in [1.165, 1.54) is 0 Å². The van der Waals surface area contributed by atoms with Gasteiger partial charge in [-0.05, 0) is 24.3 Å². The molecule has 1 N–H and O–H groups in total. The lowest BCUT2D eigenvalue weighted by Crippen LogP contribution is -2.10. The lowest BCUT2D eigenvalue weighted by atomic mass is 10.2. The maximum absolute atomic E-state index is 5.38. The van der Waals surface area contributed by atoms with Gasteiger partial charge in [0.15, 0.2) is 0 Å². The van der Waals surface area contributed by atoms with Crippen molar-refractivity contribution in [2.24, 2.45) is 0 Å². The molecule has 0 aliphatic rings. The number of ether oxygens (including phenoxy) is 2. The zero-order chi connectivity index (χ0) is 15.2. The van der Waals surface area contributed by atoms with E-state index in [2.05, 4.69) is 10.3 Å². The topological polar surface area (TPSA) is 46.6 Å². The largest absolute Gasteiger partial charge is 0.497 e. The van der Waals surface area contributed by atoms with Crippen molar-refractivity contribution in [3.63, 3.8) is 0 Å². The zero-order valence-electron chi connectivity index (χ0n) is 12.9. The Hall–Kier alpha value is -2.43. The van der Waals surface area contributed by atoms with Gasteiger partial charge in [-0.25, -0.2) is 4.98 Å². The van der Waals surface area contributed by atoms with Gasteiger partial charge in [-0.1, -0.05) is 0 Å². The van der Waals surface area contributed by atoms with E-state index in [-0.39, 0.29) is 0 Å². The van der Waals surface area contributed by atoms with Crippen LogP contribution in [-0.4, -0.2) is 33.3 Å². The van der Waals surface area contributed by atoms with E-state index in [9.17, 15) is 0 Å². The summed E-state index contributed by atoms with van der Waals surface area (Å²) >= 11 is 0. The molecule has 0 aliphatic carbocycles. The van der Waals surface area contributed by atoms with Crippen LogP contribution >= 0.6 is 0 Å². The highest BCUT2D eigenvalue weighted by Gasteiger charge is 2.05. The van der Waals surface area contributed by atoms with E-state index < -0.39 is 0 Å². The van der Waals surface area contributed by atoms with E-state index in [4.69, 9.17) is 9.47 Å². The summed E-state index contributed by atoms with van der Waals surface area (Å²) in [6.45, 7) is 0.663. The van der Waals surface area contributed by atoms with Crippen molar-refractivity contribution < 1.29 is 9.47 Å². The molecule has 0 saturated carbocycles. The molecule has 0 spiro atoms. The normalized spacial score (nSPS) is 10.1. The van der Waals surface area contributed by atoms with Crippen molar-refractivity contribution in [2.45, 2.75) is 6.54 Å². The molecule has 0 amide bonds. The molecule has 1 aromatic carbocycles. The molecule has 2 rings (SSSR count). The Bertz CT molecular complexity index is 583. The quantitative estimate of drug-likeness (QED) is 0.885. The molecular weight excluding hydrogens is 266 g/mol. The van der Waals surface area contributed by atoms with E-state index in [1.807, 2.05) is 55.5 Å². The first kappa shape index (κ1) is 15.0. The minimum atomic E-state index is 0.663. The fraction of sp³-hybridized carbons (Fsp3) is 0.312. The second kappa shape index (κ2) is 6.83. The van der Waals surface area contributed by atoms with Gasteiger partial charge < -0.3 is 19.7 Å². The molecule has 1 heterocycles. The Labute approximate surface area is 125 Å². The number of rotatable bonds is 6. The molecule has 5 nitrogen and oxygen atoms in total. The number of anilines is 2. The van der Waals surface area contributed by atoms with Gasteiger partial charge in [-0.3, -0.25) is 0 Å². The molecule has 0 atom stereocenters. The zero-order valence-corrected chi connectivity index (χ0v) is 12.9. The number of benzene rings is 1. The summed E-state index contributed by atoms with van der Waals surface area (Å²) in [7, 11) is 7.24. The van der Waals surface area contributed by atoms with Gasteiger partial charge in [0.05, 0.1) is 26.1 Å². The first-order valence-electron chi connectivity index (χ1n) is 6.72. The van der Waals surface area contributed by atoms with Gasteiger partial charge in [-0.2, -0.15) is 0 Å². The van der Waals surface area contributed by atoms with Crippen LogP contribution in [0.3, 0.4) is 0 Å². The molecule has 0 bridgehead atoms. The Balaban J connectivity index is 2.05. The summed E-state index contributed by atoms with van der Waals surface area (Å²) < 4.78 is 10.6. The van der Waals surface area contributed by atoms with Crippen LogP contribution in [-0.2, 0) is 6.54 Å². The van der Waals surface area contributed by atoms with Crippen molar-refractivity contribution in [3.05, 3.63) is 42.1 Å². The first-order chi connectivity index (χ1) is 10.1. The highest BCUT2D eigenvalue weighted by atomic mass is 16.5. The summed E-state index contributed by atoms with van der Waals surface area (Å²) in [6.07, 6.45) is 1.82. The second-order valence-electron chi connectivity index (χ2n) is 4.83. The summed E-state index contributed by atoms with van der Waals surface area (Å²) in [5, 5.41) is 3.34. The summed E-state index contributed by atoms with van der Waals surface area (Å²) in [6, 6.07) is 9.79. The average Bonchev–Trinajstić information content (AvgIpc) is 2.53. The van der Waals surface area contributed by atoms with E-state index in [1.54, 1.807) is 14.2 Å². The fourth-order valence-electron chi connectivity index (χ4n) is 1.95. The molecule has 1 aromatic heterocycles. The first-order valence-corrected chi connectivity index (χ1v) is 6.72. The van der Waals surface area contributed by atoms with Gasteiger partial charge in [0.1, 0.15) is 17.3 Å². The van der Waals surface area contributed by atoms with Crippen LogP contribution in [0.5, 0.6) is 11.5 Å². The monoisotopic (exact) mass is 287 g/mol. The number of hydrogen-bond donors (Lipinski definition) is 1. The number of methoxy groups -OCH3 is 2. The fourth-order valence-corrected chi connectivity index (χ4v) is 1.95. The highest BCUT2D eigenvalue weighted by Crippen LogP contribution is 2.25. The van der Waals surface area contributed by atoms with Crippen LogP contribution in [0.2, 0.25) is 0 Å². The minimum absolute atomic E-state index is 0.663. The number of pyridine rings is 1. The van der Waals surface area contributed by atoms with Gasteiger partial charge in [0.25, 0.3) is 0 Å². The van der Waals surface area contributed by atoms with E-state index in [0.717, 1.165) is 28.6 Å². The average molecular weight is 287 g/mol. The van der Waals surface area contributed by atoms with Crippen LogP contribution in [0.1, 0.15) is 5.56 Å². The van der Waals surface area contributed by atoms with E-state index >= 15 is 0 Å². The standard InChI is InChI=1S/C16H21N3O2/c1-19(2)16-8-6-13(11-18-16)17-10-12-5-7-14(20-3)9-15(12)21-4/h5-9,11,17H,10H2,1-4H3. The molecule has 0 radical (unpaired) electrons. The Morgan fingerprint density at radius 1 is 1.10 bits per heavy atom. The summed E-state index contributed by atoms with van der Waals surface area (Å²) in [4.78, 5) is 6.34. The van der Waals surface area contributed by atoms with Crippen molar-refractivity contribution in [1.82, 2.24) is 4.98 Å². The highest BCUT2D eigenvalue weighted by molar-refractivity contribution is 5.49. The third-order valence-corrected chi connectivity index (χ3v) is 3.18. The van der Waals surface area contributed by atoms with Gasteiger partial charge in [-0.15, -0.1) is 0 Å². The van der Waals surface area contributed by atoms with Crippen molar-refractivity contribution in [3.8, 4) is 11.5 Å². The lowest BCUT2D eigenvalue weighted by molar-refractivity contribution is 0.391. The molecule has 0 saturated heterocycles. The van der Waals surface area contributed by atoms with Crippen LogP contribution in [0, 0.1) is 0 Å². The SMILES string of the molecule is COc1ccc(CNc2ccc(N(C)C)nc2)c(OC)c1. The maximum atomic E-state index is 5.38. The van der Waals surface area contributed by atoms with Gasteiger partial charge >= 0.3 is 0 Å². The Morgan fingerprint density at radius 3 is 2.48 bits per heavy atom. The maximum Gasteiger partial charge on any atom is 0.128 e. The van der Waals surface area contributed by atoms with Crippen molar-refractivity contribution >= 4 is 11.5 Å². The predicted molar refractivity (Wildman–Crippen MR) is 85.4 cm³/mol. The van der Waals surface area contributed by atoms with Gasteiger partial charge in [0.2, 0.25) is 0 Å². The number of hydrogen-bond acceptors (Lipinski definition) is 5. The molecule has 0 aliphatic heterocycles. The molecular formula is C16H21N3O2. The summed E-state index contributed by atoms with van der Waals surface area (Å²) in [5.74, 6) is 2.52.